The lowest BCUT2D eigenvalue weighted by Gasteiger charge is -2.38. The molecule has 1 aliphatic heterocycles. The summed E-state index contributed by atoms with van der Waals surface area (Å²) in [5.41, 5.74) is 1.20. The second-order valence-corrected chi connectivity index (χ2v) is 6.01. The molecule has 1 atom stereocenters. The molecule has 0 aliphatic carbocycles. The number of hydrogen-bond acceptors (Lipinski definition) is 3. The summed E-state index contributed by atoms with van der Waals surface area (Å²) in [4.78, 5) is 2.32. The Morgan fingerprint density at radius 1 is 1.37 bits per heavy atom. The van der Waals surface area contributed by atoms with Crippen LogP contribution in [0.2, 0.25) is 0 Å². The predicted octanol–water partition coefficient (Wildman–Crippen LogP) is 2.83. The van der Waals surface area contributed by atoms with Gasteiger partial charge < -0.3 is 15.0 Å². The molecule has 0 aromatic heterocycles. The van der Waals surface area contributed by atoms with Gasteiger partial charge in [0.15, 0.2) is 0 Å². The normalized spacial score (nSPS) is 21.0. The minimum atomic E-state index is -0.0946. The molecule has 106 valence electrons. The van der Waals surface area contributed by atoms with E-state index >= 15 is 0 Å². The van der Waals surface area contributed by atoms with Crippen molar-refractivity contribution in [2.45, 2.75) is 38.8 Å². The van der Waals surface area contributed by atoms with Gasteiger partial charge in [-0.25, -0.2) is 0 Å². The summed E-state index contributed by atoms with van der Waals surface area (Å²) in [5.74, 6) is 1.03. The topological polar surface area (TPSA) is 24.5 Å². The van der Waals surface area contributed by atoms with Gasteiger partial charge in [-0.15, -0.1) is 0 Å². The number of ether oxygens (including phenoxy) is 1. The smallest absolute Gasteiger partial charge is 0.124 e. The number of likely N-dealkylation sites (N-methyl/N-ethyl adjacent to an activating group) is 1. The highest BCUT2D eigenvalue weighted by Crippen LogP contribution is 2.38. The van der Waals surface area contributed by atoms with E-state index in [1.165, 1.54) is 5.56 Å². The Morgan fingerprint density at radius 3 is 2.84 bits per heavy atom. The molecule has 0 saturated heterocycles. The number of nitrogens with one attached hydrogen (secondary N) is 1. The first-order valence-corrected chi connectivity index (χ1v) is 7.22. The lowest BCUT2D eigenvalue weighted by atomic mass is 9.90. The van der Waals surface area contributed by atoms with Crippen molar-refractivity contribution in [1.82, 2.24) is 10.2 Å². The van der Waals surface area contributed by atoms with E-state index in [1.54, 1.807) is 0 Å². The number of rotatable bonds is 5. The van der Waals surface area contributed by atoms with Crippen molar-refractivity contribution in [2.75, 3.05) is 26.7 Å². The molecule has 0 amide bonds. The number of hydrogen-bond donors (Lipinski definition) is 1. The molecule has 1 aromatic rings. The van der Waals surface area contributed by atoms with Crippen LogP contribution in [0.1, 0.15) is 38.8 Å². The van der Waals surface area contributed by atoms with Crippen molar-refractivity contribution in [3.05, 3.63) is 29.8 Å². The van der Waals surface area contributed by atoms with Crippen molar-refractivity contribution < 1.29 is 4.74 Å². The first kappa shape index (κ1) is 14.4. The summed E-state index contributed by atoms with van der Waals surface area (Å²) in [7, 11) is 2.16. The average Bonchev–Trinajstić information content (AvgIpc) is 2.37. The van der Waals surface area contributed by atoms with E-state index in [2.05, 4.69) is 56.2 Å². The van der Waals surface area contributed by atoms with Gasteiger partial charge >= 0.3 is 0 Å². The van der Waals surface area contributed by atoms with Gasteiger partial charge in [0.05, 0.1) is 0 Å². The molecule has 0 bridgehead atoms. The third-order valence-electron chi connectivity index (χ3n) is 3.80. The summed E-state index contributed by atoms with van der Waals surface area (Å²) >= 11 is 0. The molecule has 0 radical (unpaired) electrons. The molecule has 1 aliphatic rings. The second-order valence-electron chi connectivity index (χ2n) is 6.01. The Labute approximate surface area is 116 Å². The number of nitrogens with zero attached hydrogens (tertiary/aromatic N) is 1. The Bertz CT molecular complexity index is 417. The number of fused-ring (bicyclic) bond motifs is 1. The monoisotopic (exact) mass is 262 g/mol. The summed E-state index contributed by atoms with van der Waals surface area (Å²) in [6.07, 6.45) is 1.01. The molecule has 2 rings (SSSR count). The van der Waals surface area contributed by atoms with Gasteiger partial charge in [-0.3, -0.25) is 0 Å². The zero-order chi connectivity index (χ0) is 13.9. The Balaban J connectivity index is 2.03. The van der Waals surface area contributed by atoms with E-state index in [0.29, 0.717) is 6.04 Å². The van der Waals surface area contributed by atoms with E-state index in [4.69, 9.17) is 4.74 Å². The first-order chi connectivity index (χ1) is 9.02. The van der Waals surface area contributed by atoms with E-state index < -0.39 is 0 Å². The van der Waals surface area contributed by atoms with Gasteiger partial charge in [0.1, 0.15) is 11.4 Å². The van der Waals surface area contributed by atoms with Crippen LogP contribution in [0.25, 0.3) is 0 Å². The Hall–Kier alpha value is -1.06. The van der Waals surface area contributed by atoms with Gasteiger partial charge in [-0.05, 0) is 33.5 Å². The minimum Gasteiger partial charge on any atom is -0.487 e. The minimum absolute atomic E-state index is 0.0946. The number of benzene rings is 1. The summed E-state index contributed by atoms with van der Waals surface area (Å²) < 4.78 is 6.05. The maximum atomic E-state index is 6.05. The van der Waals surface area contributed by atoms with E-state index in [0.717, 1.165) is 31.8 Å². The highest BCUT2D eigenvalue weighted by Gasteiger charge is 2.32. The van der Waals surface area contributed by atoms with Crippen molar-refractivity contribution in [1.29, 1.82) is 0 Å². The zero-order valence-electron chi connectivity index (χ0n) is 12.6. The Morgan fingerprint density at radius 2 is 2.11 bits per heavy atom. The fourth-order valence-electron chi connectivity index (χ4n) is 2.57. The SMILES string of the molecule is CCN(C)CCNC1CC(C)(C)Oc2ccccc21. The van der Waals surface area contributed by atoms with Crippen LogP contribution < -0.4 is 10.1 Å². The van der Waals surface area contributed by atoms with Crippen LogP contribution in [0.5, 0.6) is 5.75 Å². The molecule has 1 unspecified atom stereocenters. The number of para-hydroxylation sites is 1. The highest BCUT2D eigenvalue weighted by atomic mass is 16.5. The first-order valence-electron chi connectivity index (χ1n) is 7.22. The molecule has 1 N–H and O–H groups in total. The summed E-state index contributed by atoms with van der Waals surface area (Å²) in [5, 5.41) is 3.68. The predicted molar refractivity (Wildman–Crippen MR) is 79.7 cm³/mol. The lowest BCUT2D eigenvalue weighted by molar-refractivity contribution is 0.0657. The lowest BCUT2D eigenvalue weighted by Crippen LogP contribution is -2.41. The van der Waals surface area contributed by atoms with Crippen LogP contribution in [0.4, 0.5) is 0 Å². The summed E-state index contributed by atoms with van der Waals surface area (Å²) in [6.45, 7) is 9.70. The van der Waals surface area contributed by atoms with E-state index in [1.807, 2.05) is 6.07 Å². The quantitative estimate of drug-likeness (QED) is 0.883. The van der Waals surface area contributed by atoms with Crippen LogP contribution in [-0.2, 0) is 0 Å². The van der Waals surface area contributed by atoms with Gasteiger partial charge in [0.25, 0.3) is 0 Å². The van der Waals surface area contributed by atoms with Crippen LogP contribution in [-0.4, -0.2) is 37.2 Å². The standard InChI is InChI=1S/C16H26N2O/c1-5-18(4)11-10-17-14-12-16(2,3)19-15-9-7-6-8-13(14)15/h6-9,14,17H,5,10-12H2,1-4H3. The van der Waals surface area contributed by atoms with Crippen molar-refractivity contribution in [3.8, 4) is 5.75 Å². The van der Waals surface area contributed by atoms with Crippen LogP contribution >= 0.6 is 0 Å². The molecular formula is C16H26N2O. The fraction of sp³-hybridized carbons (Fsp3) is 0.625. The molecule has 0 fully saturated rings. The Kier molecular flexibility index (Phi) is 4.48. The van der Waals surface area contributed by atoms with Crippen LogP contribution in [0, 0.1) is 0 Å². The van der Waals surface area contributed by atoms with Crippen molar-refractivity contribution in [3.63, 3.8) is 0 Å². The third kappa shape index (κ3) is 3.71. The molecule has 3 nitrogen and oxygen atoms in total. The highest BCUT2D eigenvalue weighted by molar-refractivity contribution is 5.38. The maximum absolute atomic E-state index is 6.05. The maximum Gasteiger partial charge on any atom is 0.124 e. The summed E-state index contributed by atoms with van der Waals surface area (Å²) in [6, 6.07) is 8.77. The van der Waals surface area contributed by atoms with Crippen molar-refractivity contribution in [2.24, 2.45) is 0 Å². The zero-order valence-corrected chi connectivity index (χ0v) is 12.6. The van der Waals surface area contributed by atoms with Gasteiger partial charge in [-0.2, -0.15) is 0 Å². The molecule has 19 heavy (non-hydrogen) atoms. The molecule has 1 aromatic carbocycles. The van der Waals surface area contributed by atoms with Crippen molar-refractivity contribution >= 4 is 0 Å². The van der Waals surface area contributed by atoms with Crippen LogP contribution in [0.15, 0.2) is 24.3 Å². The fourth-order valence-corrected chi connectivity index (χ4v) is 2.57. The molecule has 0 spiro atoms. The second kappa shape index (κ2) is 5.93. The molecule has 3 heteroatoms. The van der Waals surface area contributed by atoms with Gasteiger partial charge in [0, 0.05) is 31.1 Å². The largest absolute Gasteiger partial charge is 0.487 e. The van der Waals surface area contributed by atoms with E-state index in [9.17, 15) is 0 Å². The average molecular weight is 262 g/mol. The van der Waals surface area contributed by atoms with Gasteiger partial charge in [-0.1, -0.05) is 25.1 Å². The molecule has 1 heterocycles. The van der Waals surface area contributed by atoms with Crippen LogP contribution in [0.3, 0.4) is 0 Å². The van der Waals surface area contributed by atoms with E-state index in [-0.39, 0.29) is 5.60 Å². The molecule has 0 saturated carbocycles. The van der Waals surface area contributed by atoms with Gasteiger partial charge in [0.2, 0.25) is 0 Å². The molecular weight excluding hydrogens is 236 g/mol. The third-order valence-corrected chi connectivity index (χ3v) is 3.80.